The predicted octanol–water partition coefficient (Wildman–Crippen LogP) is 0.686. The second-order valence-corrected chi connectivity index (χ2v) is 4.42. The number of aliphatic carboxylic acids is 1. The van der Waals surface area contributed by atoms with Gasteiger partial charge in [-0.1, -0.05) is 0 Å². The molecule has 1 spiro atoms. The standard InChI is InChI=1S/C9H10O3/c10-4-3-9(1-2-9)7-5(4)6(7)8(11)12/h5-7H,1-3H2,(H,11,12)/t5-,6-,7-/m1/s1. The minimum atomic E-state index is -0.760. The molecule has 12 heavy (non-hydrogen) atoms. The lowest BCUT2D eigenvalue weighted by molar-refractivity contribution is -0.141. The summed E-state index contributed by atoms with van der Waals surface area (Å²) in [7, 11) is 0. The van der Waals surface area contributed by atoms with Crippen LogP contribution in [0.2, 0.25) is 0 Å². The molecule has 0 bridgehead atoms. The number of carbonyl (C=O) groups is 2. The van der Waals surface area contributed by atoms with Gasteiger partial charge in [-0.2, -0.15) is 0 Å². The molecule has 3 aliphatic rings. The Kier molecular flexibility index (Phi) is 0.875. The maximum atomic E-state index is 11.3. The number of carboxylic acid groups (broad SMARTS) is 1. The van der Waals surface area contributed by atoms with Crippen molar-refractivity contribution in [2.24, 2.45) is 23.2 Å². The fourth-order valence-electron chi connectivity index (χ4n) is 3.03. The van der Waals surface area contributed by atoms with Gasteiger partial charge in [0.2, 0.25) is 0 Å². The smallest absolute Gasteiger partial charge is 0.307 e. The minimum Gasteiger partial charge on any atom is -0.481 e. The van der Waals surface area contributed by atoms with Crippen molar-refractivity contribution >= 4 is 11.8 Å². The number of ketones is 1. The van der Waals surface area contributed by atoms with E-state index in [1.165, 1.54) is 0 Å². The molecule has 0 radical (unpaired) electrons. The van der Waals surface area contributed by atoms with Crippen LogP contribution >= 0.6 is 0 Å². The van der Waals surface area contributed by atoms with Gasteiger partial charge in [0.1, 0.15) is 5.78 Å². The summed E-state index contributed by atoms with van der Waals surface area (Å²) in [5, 5.41) is 8.78. The maximum Gasteiger partial charge on any atom is 0.307 e. The molecule has 0 aliphatic heterocycles. The second kappa shape index (κ2) is 1.58. The summed E-state index contributed by atoms with van der Waals surface area (Å²) in [6, 6.07) is 0. The van der Waals surface area contributed by atoms with Crippen molar-refractivity contribution in [3.8, 4) is 0 Å². The summed E-state index contributed by atoms with van der Waals surface area (Å²) in [6.07, 6.45) is 2.85. The van der Waals surface area contributed by atoms with Crippen molar-refractivity contribution in [2.45, 2.75) is 19.3 Å². The molecule has 3 heteroatoms. The number of carboxylic acids is 1. The lowest BCUT2D eigenvalue weighted by atomic mass is 9.97. The van der Waals surface area contributed by atoms with E-state index < -0.39 is 5.97 Å². The van der Waals surface area contributed by atoms with Crippen molar-refractivity contribution < 1.29 is 14.7 Å². The third-order valence-electron chi connectivity index (χ3n) is 3.80. The normalized spacial score (nSPS) is 46.0. The van der Waals surface area contributed by atoms with E-state index in [1.807, 2.05) is 0 Å². The van der Waals surface area contributed by atoms with E-state index in [9.17, 15) is 9.59 Å². The number of hydrogen-bond acceptors (Lipinski definition) is 2. The highest BCUT2D eigenvalue weighted by Crippen LogP contribution is 2.74. The average Bonchev–Trinajstić information content (AvgIpc) is 2.73. The molecule has 0 amide bonds. The van der Waals surface area contributed by atoms with Crippen molar-refractivity contribution in [3.05, 3.63) is 0 Å². The molecule has 0 unspecified atom stereocenters. The van der Waals surface area contributed by atoms with Crippen LogP contribution in [-0.4, -0.2) is 16.9 Å². The first-order valence-electron chi connectivity index (χ1n) is 4.41. The van der Waals surface area contributed by atoms with Crippen molar-refractivity contribution in [1.82, 2.24) is 0 Å². The van der Waals surface area contributed by atoms with E-state index in [4.69, 9.17) is 5.11 Å². The summed E-state index contributed by atoms with van der Waals surface area (Å²) in [6.45, 7) is 0. The third-order valence-corrected chi connectivity index (χ3v) is 3.80. The van der Waals surface area contributed by atoms with Gasteiger partial charge < -0.3 is 5.11 Å². The van der Waals surface area contributed by atoms with Crippen LogP contribution < -0.4 is 0 Å². The number of hydrogen-bond donors (Lipinski definition) is 1. The van der Waals surface area contributed by atoms with Crippen molar-refractivity contribution in [1.29, 1.82) is 0 Å². The van der Waals surface area contributed by atoms with Crippen LogP contribution in [0.25, 0.3) is 0 Å². The lowest BCUT2D eigenvalue weighted by Crippen LogP contribution is -2.13. The molecule has 0 aromatic rings. The summed E-state index contributed by atoms with van der Waals surface area (Å²) in [5.74, 6) is -0.726. The molecule has 3 fully saturated rings. The molecule has 1 N–H and O–H groups in total. The quantitative estimate of drug-likeness (QED) is 0.623. The third kappa shape index (κ3) is 0.551. The average molecular weight is 166 g/mol. The van der Waals surface area contributed by atoms with Gasteiger partial charge in [-0.25, -0.2) is 0 Å². The van der Waals surface area contributed by atoms with Gasteiger partial charge in [-0.3, -0.25) is 9.59 Å². The van der Waals surface area contributed by atoms with Crippen LogP contribution in [0.1, 0.15) is 19.3 Å². The van der Waals surface area contributed by atoms with E-state index >= 15 is 0 Å². The van der Waals surface area contributed by atoms with E-state index in [1.54, 1.807) is 0 Å². The summed E-state index contributed by atoms with van der Waals surface area (Å²) >= 11 is 0. The fraction of sp³-hybridized carbons (Fsp3) is 0.778. The molecule has 0 heterocycles. The Morgan fingerprint density at radius 1 is 1.50 bits per heavy atom. The zero-order valence-electron chi connectivity index (χ0n) is 6.62. The SMILES string of the molecule is O=C(O)[C@@H]1[C@H]2C(=O)CC3(CC3)[C@@H]12. The zero-order valence-corrected chi connectivity index (χ0v) is 6.62. The maximum absolute atomic E-state index is 11.3. The molecule has 0 aromatic carbocycles. The Bertz CT molecular complexity index is 286. The Morgan fingerprint density at radius 2 is 2.17 bits per heavy atom. The van der Waals surface area contributed by atoms with Gasteiger partial charge in [-0.15, -0.1) is 0 Å². The summed E-state index contributed by atoms with van der Waals surface area (Å²) in [4.78, 5) is 22.0. The van der Waals surface area contributed by atoms with Gasteiger partial charge in [0.15, 0.2) is 0 Å². The Balaban J connectivity index is 1.92. The van der Waals surface area contributed by atoms with Crippen LogP contribution in [0.15, 0.2) is 0 Å². The van der Waals surface area contributed by atoms with Gasteiger partial charge in [0.25, 0.3) is 0 Å². The first-order chi connectivity index (χ1) is 5.66. The van der Waals surface area contributed by atoms with Crippen LogP contribution in [0, 0.1) is 23.2 Å². The first kappa shape index (κ1) is 6.63. The molecule has 0 aromatic heterocycles. The number of rotatable bonds is 1. The first-order valence-corrected chi connectivity index (χ1v) is 4.41. The minimum absolute atomic E-state index is 0.0926. The Morgan fingerprint density at radius 3 is 2.58 bits per heavy atom. The monoisotopic (exact) mass is 166 g/mol. The summed E-state index contributed by atoms with van der Waals surface area (Å²) in [5.41, 5.74) is 0.171. The molecule has 3 atom stereocenters. The highest BCUT2D eigenvalue weighted by atomic mass is 16.4. The van der Waals surface area contributed by atoms with Crippen LogP contribution in [0.4, 0.5) is 0 Å². The molecule has 64 valence electrons. The van der Waals surface area contributed by atoms with E-state index in [0.29, 0.717) is 6.42 Å². The van der Waals surface area contributed by atoms with Gasteiger partial charge in [-0.05, 0) is 24.2 Å². The Labute approximate surface area is 69.8 Å². The summed E-state index contributed by atoms with van der Waals surface area (Å²) < 4.78 is 0. The van der Waals surface area contributed by atoms with Crippen molar-refractivity contribution in [3.63, 3.8) is 0 Å². The van der Waals surface area contributed by atoms with Crippen LogP contribution in [0.5, 0.6) is 0 Å². The van der Waals surface area contributed by atoms with Crippen molar-refractivity contribution in [2.75, 3.05) is 0 Å². The van der Waals surface area contributed by atoms with Crippen LogP contribution in [0.3, 0.4) is 0 Å². The topological polar surface area (TPSA) is 54.4 Å². The fourth-order valence-corrected chi connectivity index (χ4v) is 3.03. The molecule has 0 saturated heterocycles. The number of carbonyl (C=O) groups excluding carboxylic acids is 1. The number of Topliss-reactive ketones (excluding diaryl/α,β-unsaturated/α-hetero) is 1. The molecule has 3 saturated carbocycles. The van der Waals surface area contributed by atoms with E-state index in [-0.39, 0.29) is 29.0 Å². The largest absolute Gasteiger partial charge is 0.481 e. The van der Waals surface area contributed by atoms with E-state index in [0.717, 1.165) is 12.8 Å². The molecular weight excluding hydrogens is 156 g/mol. The highest BCUT2D eigenvalue weighted by molar-refractivity contribution is 5.96. The molecular formula is C9H10O3. The molecule has 3 aliphatic carbocycles. The Hall–Kier alpha value is -0.860. The molecule has 3 nitrogen and oxygen atoms in total. The molecule has 3 rings (SSSR count). The predicted molar refractivity (Wildman–Crippen MR) is 39.4 cm³/mol. The van der Waals surface area contributed by atoms with Gasteiger partial charge in [0.05, 0.1) is 5.92 Å². The lowest BCUT2D eigenvalue weighted by Gasteiger charge is -2.07. The van der Waals surface area contributed by atoms with Gasteiger partial charge in [0, 0.05) is 12.3 Å². The second-order valence-electron chi connectivity index (χ2n) is 4.42. The zero-order chi connectivity index (χ0) is 8.51. The van der Waals surface area contributed by atoms with Crippen LogP contribution in [-0.2, 0) is 9.59 Å². The van der Waals surface area contributed by atoms with Gasteiger partial charge >= 0.3 is 5.97 Å². The highest BCUT2D eigenvalue weighted by Gasteiger charge is 2.75. The number of fused-ring (bicyclic) bond motifs is 2. The van der Waals surface area contributed by atoms with E-state index in [2.05, 4.69) is 0 Å².